The van der Waals surface area contributed by atoms with Crippen LogP contribution in [0.2, 0.25) is 0 Å². The average molecular weight is 323 g/mol. The third-order valence-electron chi connectivity index (χ3n) is 5.96. The molecule has 0 aromatic heterocycles. The van der Waals surface area contributed by atoms with Gasteiger partial charge in [-0.2, -0.15) is 0 Å². The van der Waals surface area contributed by atoms with E-state index in [1.165, 1.54) is 25.7 Å². The highest BCUT2D eigenvalue weighted by Gasteiger charge is 2.31. The van der Waals surface area contributed by atoms with Crippen LogP contribution in [-0.4, -0.2) is 24.0 Å². The summed E-state index contributed by atoms with van der Waals surface area (Å²) < 4.78 is 0. The van der Waals surface area contributed by atoms with Gasteiger partial charge in [-0.3, -0.25) is 4.79 Å². The third-order valence-corrected chi connectivity index (χ3v) is 5.96. The lowest BCUT2D eigenvalue weighted by molar-refractivity contribution is -0.124. The lowest BCUT2D eigenvalue weighted by atomic mass is 9.78. The summed E-state index contributed by atoms with van der Waals surface area (Å²) in [6, 6.07) is -0.874. The summed E-state index contributed by atoms with van der Waals surface area (Å²) in [4.78, 5) is 24.0. The molecule has 4 N–H and O–H groups in total. The van der Waals surface area contributed by atoms with Crippen molar-refractivity contribution in [3.63, 3.8) is 0 Å². The highest BCUT2D eigenvalue weighted by Crippen LogP contribution is 2.30. The SMILES string of the molecule is CC1CCCC(NC(=O)[C@@H](CC2CCCCC2)NC(N)=O)C1C. The summed E-state index contributed by atoms with van der Waals surface area (Å²) in [5, 5.41) is 5.85. The summed E-state index contributed by atoms with van der Waals surface area (Å²) in [5.41, 5.74) is 5.29. The van der Waals surface area contributed by atoms with Crippen LogP contribution in [0.1, 0.15) is 71.6 Å². The number of nitrogens with one attached hydrogen (secondary N) is 2. The second-order valence-electron chi connectivity index (χ2n) is 7.68. The lowest BCUT2D eigenvalue weighted by Crippen LogP contribution is -2.54. The van der Waals surface area contributed by atoms with Crippen LogP contribution in [0.15, 0.2) is 0 Å². The minimum absolute atomic E-state index is 0.0553. The van der Waals surface area contributed by atoms with Gasteiger partial charge in [0, 0.05) is 6.04 Å². The van der Waals surface area contributed by atoms with Gasteiger partial charge in [-0.05, 0) is 30.6 Å². The van der Waals surface area contributed by atoms with Gasteiger partial charge in [0.2, 0.25) is 5.91 Å². The van der Waals surface area contributed by atoms with Crippen molar-refractivity contribution in [1.82, 2.24) is 10.6 Å². The maximum absolute atomic E-state index is 12.7. The molecule has 2 fully saturated rings. The largest absolute Gasteiger partial charge is 0.352 e. The van der Waals surface area contributed by atoms with E-state index in [1.807, 2.05) is 0 Å². The van der Waals surface area contributed by atoms with Crippen LogP contribution < -0.4 is 16.4 Å². The first-order valence-electron chi connectivity index (χ1n) is 9.33. The molecular formula is C18H33N3O2. The highest BCUT2D eigenvalue weighted by molar-refractivity contribution is 5.86. The first kappa shape index (κ1) is 18.1. The summed E-state index contributed by atoms with van der Waals surface area (Å²) in [7, 11) is 0. The van der Waals surface area contributed by atoms with Crippen molar-refractivity contribution in [2.24, 2.45) is 23.5 Å². The van der Waals surface area contributed by atoms with E-state index in [4.69, 9.17) is 5.73 Å². The van der Waals surface area contributed by atoms with Crippen LogP contribution in [-0.2, 0) is 4.79 Å². The average Bonchev–Trinajstić information content (AvgIpc) is 2.52. The van der Waals surface area contributed by atoms with E-state index in [1.54, 1.807) is 0 Å². The molecule has 2 aliphatic rings. The molecule has 5 heteroatoms. The van der Waals surface area contributed by atoms with Gasteiger partial charge in [-0.1, -0.05) is 58.8 Å². The Bertz CT molecular complexity index is 407. The van der Waals surface area contributed by atoms with E-state index in [-0.39, 0.29) is 11.9 Å². The van der Waals surface area contributed by atoms with Gasteiger partial charge >= 0.3 is 6.03 Å². The normalized spacial score (nSPS) is 30.4. The molecule has 0 bridgehead atoms. The van der Waals surface area contributed by atoms with Crippen molar-refractivity contribution in [2.75, 3.05) is 0 Å². The molecule has 132 valence electrons. The second-order valence-corrected chi connectivity index (χ2v) is 7.68. The highest BCUT2D eigenvalue weighted by atomic mass is 16.2. The standard InChI is InChI=1S/C18H33N3O2/c1-12-7-6-10-15(13(12)2)20-17(22)16(21-18(19)23)11-14-8-4-3-5-9-14/h12-16H,3-11H2,1-2H3,(H,20,22)(H3,19,21,23)/t12?,13?,15?,16-/m1/s1. The molecule has 0 aromatic rings. The Kier molecular flexibility index (Phi) is 6.72. The Labute approximate surface area is 140 Å². The number of urea groups is 1. The number of carbonyl (C=O) groups is 2. The number of amides is 3. The van der Waals surface area contributed by atoms with E-state index in [9.17, 15) is 9.59 Å². The van der Waals surface area contributed by atoms with Gasteiger partial charge in [0.1, 0.15) is 6.04 Å². The Balaban J connectivity index is 1.93. The number of carbonyl (C=O) groups excluding carboxylic acids is 2. The molecule has 23 heavy (non-hydrogen) atoms. The number of nitrogens with two attached hydrogens (primary N) is 1. The van der Waals surface area contributed by atoms with Gasteiger partial charge in [-0.25, -0.2) is 4.79 Å². The Morgan fingerprint density at radius 2 is 1.74 bits per heavy atom. The maximum atomic E-state index is 12.7. The molecule has 0 aromatic carbocycles. The summed E-state index contributed by atoms with van der Waals surface area (Å²) >= 11 is 0. The van der Waals surface area contributed by atoms with Gasteiger partial charge in [0.25, 0.3) is 0 Å². The van der Waals surface area contributed by atoms with Crippen LogP contribution in [0, 0.1) is 17.8 Å². The fourth-order valence-electron chi connectivity index (χ4n) is 4.23. The molecule has 0 aliphatic heterocycles. The quantitative estimate of drug-likeness (QED) is 0.727. The molecule has 0 radical (unpaired) electrons. The molecule has 3 amide bonds. The van der Waals surface area contributed by atoms with E-state index in [2.05, 4.69) is 24.5 Å². The predicted molar refractivity (Wildman–Crippen MR) is 91.8 cm³/mol. The third kappa shape index (κ3) is 5.40. The van der Waals surface area contributed by atoms with Crippen molar-refractivity contribution in [2.45, 2.75) is 83.7 Å². The van der Waals surface area contributed by atoms with Crippen LogP contribution in [0.3, 0.4) is 0 Å². The van der Waals surface area contributed by atoms with Crippen molar-refractivity contribution < 1.29 is 9.59 Å². The molecule has 2 rings (SSSR count). The Morgan fingerprint density at radius 3 is 2.39 bits per heavy atom. The van der Waals surface area contributed by atoms with Crippen LogP contribution in [0.4, 0.5) is 4.79 Å². The Hall–Kier alpha value is -1.26. The summed E-state index contributed by atoms with van der Waals surface area (Å²) in [5.74, 6) is 1.58. The van der Waals surface area contributed by atoms with E-state index < -0.39 is 12.1 Å². The van der Waals surface area contributed by atoms with E-state index in [0.717, 1.165) is 25.7 Å². The zero-order valence-electron chi connectivity index (χ0n) is 14.6. The molecule has 0 heterocycles. The molecule has 5 nitrogen and oxygen atoms in total. The van der Waals surface area contributed by atoms with Crippen molar-refractivity contribution in [3.8, 4) is 0 Å². The maximum Gasteiger partial charge on any atom is 0.312 e. The molecule has 4 atom stereocenters. The number of rotatable bonds is 5. The van der Waals surface area contributed by atoms with Crippen molar-refractivity contribution in [1.29, 1.82) is 0 Å². The molecule has 2 saturated carbocycles. The van der Waals surface area contributed by atoms with Gasteiger partial charge < -0.3 is 16.4 Å². The fourth-order valence-corrected chi connectivity index (χ4v) is 4.23. The monoisotopic (exact) mass is 323 g/mol. The summed E-state index contributed by atoms with van der Waals surface area (Å²) in [6.07, 6.45) is 10.2. The molecule has 0 saturated heterocycles. The van der Waals surface area contributed by atoms with Gasteiger partial charge in [-0.15, -0.1) is 0 Å². The van der Waals surface area contributed by atoms with Crippen LogP contribution >= 0.6 is 0 Å². The number of primary amides is 1. The van der Waals surface area contributed by atoms with Crippen molar-refractivity contribution in [3.05, 3.63) is 0 Å². The predicted octanol–water partition coefficient (Wildman–Crippen LogP) is 2.93. The number of hydrogen-bond donors (Lipinski definition) is 3. The second kappa shape index (κ2) is 8.55. The zero-order chi connectivity index (χ0) is 16.8. The lowest BCUT2D eigenvalue weighted by Gasteiger charge is -2.36. The van der Waals surface area contributed by atoms with Crippen molar-refractivity contribution >= 4 is 11.9 Å². The van der Waals surface area contributed by atoms with E-state index in [0.29, 0.717) is 24.2 Å². The molecule has 0 spiro atoms. The van der Waals surface area contributed by atoms with E-state index >= 15 is 0 Å². The Morgan fingerprint density at radius 1 is 1.04 bits per heavy atom. The smallest absolute Gasteiger partial charge is 0.312 e. The topological polar surface area (TPSA) is 84.2 Å². The van der Waals surface area contributed by atoms with Gasteiger partial charge in [0.05, 0.1) is 0 Å². The minimum atomic E-state index is -0.606. The number of hydrogen-bond acceptors (Lipinski definition) is 2. The van der Waals surface area contributed by atoms with Crippen LogP contribution in [0.25, 0.3) is 0 Å². The first-order valence-corrected chi connectivity index (χ1v) is 9.33. The first-order chi connectivity index (χ1) is 11.0. The molecular weight excluding hydrogens is 290 g/mol. The van der Waals surface area contributed by atoms with Crippen LogP contribution in [0.5, 0.6) is 0 Å². The zero-order valence-corrected chi connectivity index (χ0v) is 14.6. The molecule has 2 aliphatic carbocycles. The summed E-state index contributed by atoms with van der Waals surface area (Å²) in [6.45, 7) is 4.47. The molecule has 3 unspecified atom stereocenters. The minimum Gasteiger partial charge on any atom is -0.352 e. The van der Waals surface area contributed by atoms with Gasteiger partial charge in [0.15, 0.2) is 0 Å². The fraction of sp³-hybridized carbons (Fsp3) is 0.889.